The van der Waals surface area contributed by atoms with Crippen LogP contribution in [-0.4, -0.2) is 35.5 Å². The third-order valence-electron chi connectivity index (χ3n) is 2.94. The smallest absolute Gasteiger partial charge is 0.270 e. The van der Waals surface area contributed by atoms with Crippen LogP contribution in [0.2, 0.25) is 0 Å². The van der Waals surface area contributed by atoms with Crippen LogP contribution < -0.4 is 10.2 Å². The van der Waals surface area contributed by atoms with Crippen molar-refractivity contribution in [3.05, 3.63) is 18.0 Å². The largest absolute Gasteiger partial charge is 0.350 e. The summed E-state index contributed by atoms with van der Waals surface area (Å²) in [5, 5.41) is 2.87. The van der Waals surface area contributed by atoms with Gasteiger partial charge in [0.15, 0.2) is 0 Å². The molecule has 1 fully saturated rings. The highest BCUT2D eigenvalue weighted by Crippen LogP contribution is 2.15. The number of anilines is 1. The van der Waals surface area contributed by atoms with Crippen molar-refractivity contribution in [1.29, 1.82) is 0 Å². The first-order chi connectivity index (χ1) is 8.66. The minimum Gasteiger partial charge on any atom is -0.350 e. The molecule has 2 rings (SSSR count). The van der Waals surface area contributed by atoms with Crippen LogP contribution >= 0.6 is 0 Å². The van der Waals surface area contributed by atoms with Crippen molar-refractivity contribution in [1.82, 2.24) is 15.3 Å². The van der Waals surface area contributed by atoms with Gasteiger partial charge < -0.3 is 10.2 Å². The van der Waals surface area contributed by atoms with Gasteiger partial charge in [0.1, 0.15) is 5.69 Å². The number of amides is 1. The lowest BCUT2D eigenvalue weighted by Crippen LogP contribution is -2.29. The number of nitrogens with zero attached hydrogens (tertiary/aromatic N) is 3. The Bertz CT molecular complexity index is 413. The maximum Gasteiger partial charge on any atom is 0.270 e. The number of hydrogen-bond donors (Lipinski definition) is 1. The van der Waals surface area contributed by atoms with E-state index in [4.69, 9.17) is 0 Å². The Morgan fingerprint density at radius 3 is 2.83 bits per heavy atom. The minimum atomic E-state index is -0.119. The lowest BCUT2D eigenvalue weighted by molar-refractivity contribution is 0.0944. The third kappa shape index (κ3) is 3.18. The van der Waals surface area contributed by atoms with E-state index < -0.39 is 0 Å². The first kappa shape index (κ1) is 12.8. The van der Waals surface area contributed by atoms with Crippen LogP contribution in [0.4, 0.5) is 5.95 Å². The average Bonchev–Trinajstić information content (AvgIpc) is 2.90. The van der Waals surface area contributed by atoms with E-state index in [-0.39, 0.29) is 5.91 Å². The first-order valence-electron chi connectivity index (χ1n) is 6.53. The second kappa shape index (κ2) is 5.80. The van der Waals surface area contributed by atoms with E-state index in [1.165, 1.54) is 12.8 Å². The van der Waals surface area contributed by atoms with Gasteiger partial charge in [0.25, 0.3) is 5.91 Å². The molecule has 0 saturated carbocycles. The van der Waals surface area contributed by atoms with E-state index in [2.05, 4.69) is 34.0 Å². The fourth-order valence-corrected chi connectivity index (χ4v) is 1.93. The van der Waals surface area contributed by atoms with Crippen molar-refractivity contribution in [2.45, 2.75) is 26.7 Å². The van der Waals surface area contributed by atoms with Crippen molar-refractivity contribution < 1.29 is 4.79 Å². The monoisotopic (exact) mass is 248 g/mol. The fraction of sp³-hybridized carbons (Fsp3) is 0.615. The van der Waals surface area contributed by atoms with Gasteiger partial charge in [0.2, 0.25) is 5.95 Å². The number of aromatic nitrogens is 2. The summed E-state index contributed by atoms with van der Waals surface area (Å²) in [6, 6.07) is 1.66. The Balaban J connectivity index is 2.04. The molecule has 1 aliphatic rings. The van der Waals surface area contributed by atoms with Gasteiger partial charge in [-0.15, -0.1) is 0 Å². The molecule has 2 heterocycles. The Labute approximate surface area is 108 Å². The summed E-state index contributed by atoms with van der Waals surface area (Å²) < 4.78 is 0. The summed E-state index contributed by atoms with van der Waals surface area (Å²) in [6.45, 7) is 6.77. The number of hydrogen-bond acceptors (Lipinski definition) is 4. The van der Waals surface area contributed by atoms with Crippen LogP contribution in [0.5, 0.6) is 0 Å². The van der Waals surface area contributed by atoms with Gasteiger partial charge in [-0.05, 0) is 24.8 Å². The molecule has 5 heteroatoms. The molecule has 1 aromatic rings. The predicted octanol–water partition coefficient (Wildman–Crippen LogP) is 1.46. The van der Waals surface area contributed by atoms with Crippen LogP contribution in [0.15, 0.2) is 12.3 Å². The SMILES string of the molecule is CC(C)CNC(=O)c1ccnc(N2CCCC2)n1. The normalized spacial score (nSPS) is 15.2. The molecule has 0 aromatic carbocycles. The maximum absolute atomic E-state index is 11.9. The van der Waals surface area contributed by atoms with Gasteiger partial charge in [0, 0.05) is 25.8 Å². The minimum absolute atomic E-state index is 0.119. The Hall–Kier alpha value is -1.65. The van der Waals surface area contributed by atoms with Crippen molar-refractivity contribution in [3.63, 3.8) is 0 Å². The molecule has 1 saturated heterocycles. The second-order valence-corrected chi connectivity index (χ2v) is 5.04. The number of nitrogens with one attached hydrogen (secondary N) is 1. The lowest BCUT2D eigenvalue weighted by Gasteiger charge is -2.15. The Kier molecular flexibility index (Phi) is 4.12. The standard InChI is InChI=1S/C13H20N4O/c1-10(2)9-15-12(18)11-5-6-14-13(16-11)17-7-3-4-8-17/h5-6,10H,3-4,7-9H2,1-2H3,(H,15,18). The van der Waals surface area contributed by atoms with Crippen molar-refractivity contribution in [2.75, 3.05) is 24.5 Å². The number of carbonyl (C=O) groups is 1. The predicted molar refractivity (Wildman–Crippen MR) is 70.7 cm³/mol. The Morgan fingerprint density at radius 2 is 2.17 bits per heavy atom. The lowest BCUT2D eigenvalue weighted by atomic mass is 10.2. The van der Waals surface area contributed by atoms with Crippen molar-refractivity contribution in [2.24, 2.45) is 5.92 Å². The van der Waals surface area contributed by atoms with Crippen LogP contribution in [-0.2, 0) is 0 Å². The van der Waals surface area contributed by atoms with Gasteiger partial charge in [-0.3, -0.25) is 4.79 Å². The number of rotatable bonds is 4. The molecule has 0 aliphatic carbocycles. The highest BCUT2D eigenvalue weighted by Gasteiger charge is 2.16. The average molecular weight is 248 g/mol. The van der Waals surface area contributed by atoms with Gasteiger partial charge in [-0.2, -0.15) is 0 Å². The molecule has 1 amide bonds. The molecule has 1 aliphatic heterocycles. The molecule has 0 bridgehead atoms. The Morgan fingerprint density at radius 1 is 1.44 bits per heavy atom. The summed E-state index contributed by atoms with van der Waals surface area (Å²) in [7, 11) is 0. The van der Waals surface area contributed by atoms with Gasteiger partial charge in [-0.25, -0.2) is 9.97 Å². The molecular weight excluding hydrogens is 228 g/mol. The van der Waals surface area contributed by atoms with E-state index in [9.17, 15) is 4.79 Å². The molecular formula is C13H20N4O. The summed E-state index contributed by atoms with van der Waals surface area (Å²) in [5.74, 6) is 0.991. The van der Waals surface area contributed by atoms with Crippen molar-refractivity contribution >= 4 is 11.9 Å². The summed E-state index contributed by atoms with van der Waals surface area (Å²) in [6.07, 6.45) is 4.01. The quantitative estimate of drug-likeness (QED) is 0.876. The zero-order valence-electron chi connectivity index (χ0n) is 11.0. The molecule has 18 heavy (non-hydrogen) atoms. The number of carbonyl (C=O) groups excluding carboxylic acids is 1. The molecule has 0 spiro atoms. The van der Waals surface area contributed by atoms with E-state index in [0.29, 0.717) is 24.1 Å². The molecule has 0 atom stereocenters. The van der Waals surface area contributed by atoms with Gasteiger partial charge in [0.05, 0.1) is 0 Å². The highest BCUT2D eigenvalue weighted by atomic mass is 16.1. The topological polar surface area (TPSA) is 58.1 Å². The molecule has 98 valence electrons. The van der Waals surface area contributed by atoms with Crippen molar-refractivity contribution in [3.8, 4) is 0 Å². The summed E-state index contributed by atoms with van der Waals surface area (Å²) >= 11 is 0. The van der Waals surface area contributed by atoms with E-state index in [1.807, 2.05) is 0 Å². The molecule has 0 radical (unpaired) electrons. The fourth-order valence-electron chi connectivity index (χ4n) is 1.93. The third-order valence-corrected chi connectivity index (χ3v) is 2.94. The highest BCUT2D eigenvalue weighted by molar-refractivity contribution is 5.92. The summed E-state index contributed by atoms with van der Waals surface area (Å²) in [5.41, 5.74) is 0.451. The molecule has 0 unspecified atom stereocenters. The zero-order valence-corrected chi connectivity index (χ0v) is 11.0. The zero-order chi connectivity index (χ0) is 13.0. The molecule has 1 N–H and O–H groups in total. The van der Waals surface area contributed by atoms with Crippen LogP contribution in [0, 0.1) is 5.92 Å². The van der Waals surface area contributed by atoms with Gasteiger partial charge in [-0.1, -0.05) is 13.8 Å². The van der Waals surface area contributed by atoms with E-state index in [0.717, 1.165) is 13.1 Å². The van der Waals surface area contributed by atoms with Crippen LogP contribution in [0.25, 0.3) is 0 Å². The molecule has 5 nitrogen and oxygen atoms in total. The summed E-state index contributed by atoms with van der Waals surface area (Å²) in [4.78, 5) is 22.6. The van der Waals surface area contributed by atoms with Crippen LogP contribution in [0.3, 0.4) is 0 Å². The van der Waals surface area contributed by atoms with Gasteiger partial charge >= 0.3 is 0 Å². The first-order valence-corrected chi connectivity index (χ1v) is 6.53. The van der Waals surface area contributed by atoms with E-state index in [1.54, 1.807) is 12.3 Å². The maximum atomic E-state index is 11.9. The molecule has 1 aromatic heterocycles. The second-order valence-electron chi connectivity index (χ2n) is 5.04. The van der Waals surface area contributed by atoms with E-state index >= 15 is 0 Å². The van der Waals surface area contributed by atoms with Crippen LogP contribution in [0.1, 0.15) is 37.2 Å².